The van der Waals surface area contributed by atoms with Gasteiger partial charge in [-0.05, 0) is 27.8 Å². The van der Waals surface area contributed by atoms with Gasteiger partial charge in [0.25, 0.3) is 0 Å². The lowest BCUT2D eigenvalue weighted by molar-refractivity contribution is 0.159. The molecule has 0 amide bonds. The lowest BCUT2D eigenvalue weighted by Crippen LogP contribution is -2.51. The van der Waals surface area contributed by atoms with Crippen molar-refractivity contribution in [2.75, 3.05) is 26.7 Å². The second-order valence-corrected chi connectivity index (χ2v) is 6.72. The average molecular weight is 273 g/mol. The first-order valence-corrected chi connectivity index (χ1v) is 7.41. The zero-order chi connectivity index (χ0) is 13.5. The average Bonchev–Trinajstić information content (AvgIpc) is 2.62. The fraction of sp³-hybridized carbons (Fsp3) is 0.727. The minimum Gasteiger partial charge on any atom is -0.360 e. The topological polar surface area (TPSA) is 66.7 Å². The van der Waals surface area contributed by atoms with E-state index in [2.05, 4.69) is 10.1 Å². The smallest absolute Gasteiger partial charge is 0.248 e. The Morgan fingerprint density at radius 2 is 2.00 bits per heavy atom. The Bertz CT molecular complexity index is 518. The molecule has 1 aromatic rings. The molecule has 2 rings (SSSR count). The van der Waals surface area contributed by atoms with Crippen molar-refractivity contribution in [1.82, 2.24) is 14.4 Å². The Labute approximate surface area is 108 Å². The van der Waals surface area contributed by atoms with Crippen LogP contribution in [0.15, 0.2) is 9.42 Å². The number of rotatable bonds is 2. The van der Waals surface area contributed by atoms with Crippen LogP contribution >= 0.6 is 0 Å². The molecule has 102 valence electrons. The number of hydrogen-bond acceptors (Lipinski definition) is 5. The lowest BCUT2D eigenvalue weighted by Gasteiger charge is -2.36. The first kappa shape index (κ1) is 13.5. The summed E-state index contributed by atoms with van der Waals surface area (Å²) in [4.78, 5) is 2.37. The highest BCUT2D eigenvalue weighted by Gasteiger charge is 2.34. The molecule has 0 bridgehead atoms. The van der Waals surface area contributed by atoms with Crippen molar-refractivity contribution in [2.45, 2.75) is 31.7 Å². The zero-order valence-electron chi connectivity index (χ0n) is 11.2. The molecule has 18 heavy (non-hydrogen) atoms. The molecule has 1 aromatic heterocycles. The Morgan fingerprint density at radius 1 is 1.33 bits per heavy atom. The summed E-state index contributed by atoms with van der Waals surface area (Å²) in [6.45, 7) is 7.06. The van der Waals surface area contributed by atoms with E-state index in [4.69, 9.17) is 4.52 Å². The van der Waals surface area contributed by atoms with Crippen molar-refractivity contribution in [3.63, 3.8) is 0 Å². The number of nitrogens with zero attached hydrogens (tertiary/aromatic N) is 3. The van der Waals surface area contributed by atoms with Crippen LogP contribution in [0.1, 0.15) is 18.4 Å². The highest BCUT2D eigenvalue weighted by Crippen LogP contribution is 2.24. The number of aromatic nitrogens is 1. The highest BCUT2D eigenvalue weighted by molar-refractivity contribution is 7.89. The minimum atomic E-state index is -3.49. The SMILES string of the molecule is Cc1noc(C)c1S(=O)(=O)N1CCN(C)C(C)C1. The number of hydrogen-bond donors (Lipinski definition) is 0. The molecule has 0 saturated carbocycles. The number of sulfonamides is 1. The van der Waals surface area contributed by atoms with Crippen molar-refractivity contribution >= 4 is 10.0 Å². The van der Waals surface area contributed by atoms with Gasteiger partial charge in [-0.15, -0.1) is 0 Å². The third-order valence-corrected chi connectivity index (χ3v) is 5.60. The van der Waals surface area contributed by atoms with Crippen LogP contribution in [0.2, 0.25) is 0 Å². The first-order valence-electron chi connectivity index (χ1n) is 5.97. The van der Waals surface area contributed by atoms with Gasteiger partial charge in [-0.3, -0.25) is 0 Å². The van der Waals surface area contributed by atoms with E-state index in [1.54, 1.807) is 13.8 Å². The van der Waals surface area contributed by atoms with Crippen LogP contribution in [0.5, 0.6) is 0 Å². The van der Waals surface area contributed by atoms with E-state index < -0.39 is 10.0 Å². The molecule has 1 atom stereocenters. The Kier molecular flexibility index (Phi) is 3.48. The zero-order valence-corrected chi connectivity index (χ0v) is 12.0. The van der Waals surface area contributed by atoms with E-state index in [-0.39, 0.29) is 10.9 Å². The molecule has 6 nitrogen and oxygen atoms in total. The monoisotopic (exact) mass is 273 g/mol. The van der Waals surface area contributed by atoms with Crippen molar-refractivity contribution in [2.24, 2.45) is 0 Å². The second-order valence-electron chi connectivity index (χ2n) is 4.85. The van der Waals surface area contributed by atoms with Crippen LogP contribution in [0.4, 0.5) is 0 Å². The van der Waals surface area contributed by atoms with Gasteiger partial charge in [-0.25, -0.2) is 8.42 Å². The fourth-order valence-electron chi connectivity index (χ4n) is 2.21. The summed E-state index contributed by atoms with van der Waals surface area (Å²) in [6.07, 6.45) is 0. The van der Waals surface area contributed by atoms with Gasteiger partial charge in [0.2, 0.25) is 10.0 Å². The fourth-order valence-corrected chi connectivity index (χ4v) is 4.01. The molecule has 0 aliphatic carbocycles. The second kappa shape index (κ2) is 4.64. The summed E-state index contributed by atoms with van der Waals surface area (Å²) < 4.78 is 31.6. The molecule has 0 aromatic carbocycles. The molecule has 0 radical (unpaired) electrons. The summed E-state index contributed by atoms with van der Waals surface area (Å²) in [6, 6.07) is 0.217. The standard InChI is InChI=1S/C11H19N3O3S/c1-8-7-14(6-5-13(8)4)18(15,16)11-9(2)12-17-10(11)3/h8H,5-7H2,1-4H3. The van der Waals surface area contributed by atoms with E-state index >= 15 is 0 Å². The van der Waals surface area contributed by atoms with Gasteiger partial charge in [0.05, 0.1) is 0 Å². The number of piperazine rings is 1. The molecular formula is C11H19N3O3S. The first-order chi connectivity index (χ1) is 8.34. The predicted octanol–water partition coefficient (Wildman–Crippen LogP) is 0.616. The van der Waals surface area contributed by atoms with Crippen molar-refractivity contribution < 1.29 is 12.9 Å². The number of aryl methyl sites for hydroxylation is 2. The van der Waals surface area contributed by atoms with Gasteiger partial charge in [-0.2, -0.15) is 4.31 Å². The van der Waals surface area contributed by atoms with Crippen molar-refractivity contribution in [3.8, 4) is 0 Å². The summed E-state index contributed by atoms with van der Waals surface area (Å²) in [7, 11) is -1.48. The van der Waals surface area contributed by atoms with Crippen LogP contribution in [-0.2, 0) is 10.0 Å². The Morgan fingerprint density at radius 3 is 2.50 bits per heavy atom. The van der Waals surface area contributed by atoms with E-state index in [0.717, 1.165) is 6.54 Å². The normalized spacial score (nSPS) is 23.4. The third kappa shape index (κ3) is 2.17. The molecule has 1 saturated heterocycles. The Hall–Kier alpha value is -0.920. The van der Waals surface area contributed by atoms with Crippen molar-refractivity contribution in [1.29, 1.82) is 0 Å². The largest absolute Gasteiger partial charge is 0.360 e. The predicted molar refractivity (Wildman–Crippen MR) is 66.8 cm³/mol. The summed E-state index contributed by atoms with van der Waals surface area (Å²) in [5.41, 5.74) is 0.430. The molecule has 1 aliphatic heterocycles. The van der Waals surface area contributed by atoms with Crippen molar-refractivity contribution in [3.05, 3.63) is 11.5 Å². The van der Waals surface area contributed by atoms with E-state index in [1.165, 1.54) is 4.31 Å². The van der Waals surface area contributed by atoms with Crippen LogP contribution in [0.3, 0.4) is 0 Å². The van der Waals surface area contributed by atoms with E-state index in [1.807, 2.05) is 14.0 Å². The number of likely N-dealkylation sites (N-methyl/N-ethyl adjacent to an activating group) is 1. The maximum Gasteiger partial charge on any atom is 0.248 e. The summed E-state index contributed by atoms with van der Waals surface area (Å²) in [5.74, 6) is 0.360. The van der Waals surface area contributed by atoms with Crippen LogP contribution in [0.25, 0.3) is 0 Å². The van der Waals surface area contributed by atoms with Crippen LogP contribution in [0, 0.1) is 13.8 Å². The maximum absolute atomic E-state index is 12.5. The Balaban J connectivity index is 2.33. The van der Waals surface area contributed by atoms with Crippen LogP contribution < -0.4 is 0 Å². The quantitative estimate of drug-likeness (QED) is 0.790. The highest BCUT2D eigenvalue weighted by atomic mass is 32.2. The molecule has 0 N–H and O–H groups in total. The van der Waals surface area contributed by atoms with Gasteiger partial charge >= 0.3 is 0 Å². The molecule has 2 heterocycles. The van der Waals surface area contributed by atoms with Crippen LogP contribution in [-0.4, -0.2) is 55.5 Å². The van der Waals surface area contributed by atoms with Gasteiger partial charge in [0.15, 0.2) is 5.76 Å². The summed E-state index contributed by atoms with van der Waals surface area (Å²) >= 11 is 0. The van der Waals surface area contributed by atoms with E-state index in [9.17, 15) is 8.42 Å². The molecule has 1 aliphatic rings. The van der Waals surface area contributed by atoms with Gasteiger partial charge < -0.3 is 9.42 Å². The molecular weight excluding hydrogens is 254 g/mol. The summed E-state index contributed by atoms with van der Waals surface area (Å²) in [5, 5.41) is 3.72. The third-order valence-electron chi connectivity index (χ3n) is 3.49. The van der Waals surface area contributed by atoms with Gasteiger partial charge in [0.1, 0.15) is 10.6 Å². The minimum absolute atomic E-state index is 0.217. The van der Waals surface area contributed by atoms with Gasteiger partial charge in [-0.1, -0.05) is 5.16 Å². The molecule has 7 heteroatoms. The molecule has 1 unspecified atom stereocenters. The molecule has 1 fully saturated rings. The maximum atomic E-state index is 12.5. The molecule has 0 spiro atoms. The van der Waals surface area contributed by atoms with E-state index in [0.29, 0.717) is 24.5 Å². The lowest BCUT2D eigenvalue weighted by atomic mass is 10.2. The van der Waals surface area contributed by atoms with Gasteiger partial charge in [0, 0.05) is 25.7 Å².